The lowest BCUT2D eigenvalue weighted by Gasteiger charge is -2.33. The van der Waals surface area contributed by atoms with Gasteiger partial charge < -0.3 is 30.2 Å². The van der Waals surface area contributed by atoms with E-state index in [1.165, 1.54) is 0 Å². The Morgan fingerprint density at radius 3 is 2.28 bits per heavy atom. The van der Waals surface area contributed by atoms with Gasteiger partial charge in [0.15, 0.2) is 0 Å². The van der Waals surface area contributed by atoms with Crippen LogP contribution in [0.5, 0.6) is 11.5 Å². The third-order valence-electron chi connectivity index (χ3n) is 4.57. The molecule has 7 heteroatoms. The smallest absolute Gasteiger partial charge is 0.225 e. The summed E-state index contributed by atoms with van der Waals surface area (Å²) in [5.41, 5.74) is 6.55. The summed E-state index contributed by atoms with van der Waals surface area (Å²) in [6.07, 6.45) is 1.93. The number of nitrogens with zero attached hydrogens (tertiary/aromatic N) is 1. The van der Waals surface area contributed by atoms with Crippen molar-refractivity contribution < 1.29 is 19.0 Å². The van der Waals surface area contributed by atoms with Crippen molar-refractivity contribution in [2.45, 2.75) is 31.4 Å². The number of nitrogens with two attached hydrogens (primary N) is 1. The number of likely N-dealkylation sites (tertiary alicyclic amines) is 1. The number of benzene rings is 1. The summed E-state index contributed by atoms with van der Waals surface area (Å²) >= 11 is 0. The number of piperidine rings is 1. The lowest BCUT2D eigenvalue weighted by atomic mass is 10.0. The molecule has 1 atom stereocenters. The molecule has 0 aromatic heterocycles. The van der Waals surface area contributed by atoms with Crippen LogP contribution in [0.3, 0.4) is 0 Å². The number of amides is 1. The van der Waals surface area contributed by atoms with Crippen molar-refractivity contribution in [1.82, 2.24) is 4.90 Å². The Bertz CT molecular complexity index is 533. The van der Waals surface area contributed by atoms with Gasteiger partial charge in [-0.3, -0.25) is 4.79 Å². The fourth-order valence-electron chi connectivity index (χ4n) is 2.99. The monoisotopic (exact) mass is 351 g/mol. The highest BCUT2D eigenvalue weighted by atomic mass is 16.5. The number of methoxy groups -OCH3 is 3. The van der Waals surface area contributed by atoms with Crippen LogP contribution in [0.15, 0.2) is 18.2 Å². The lowest BCUT2D eigenvalue weighted by Crippen LogP contribution is -2.44. The number of anilines is 1. The second kappa shape index (κ2) is 9.48. The summed E-state index contributed by atoms with van der Waals surface area (Å²) in [4.78, 5) is 14.2. The molecular formula is C18H29N3O4. The number of ether oxygens (including phenoxy) is 3. The summed E-state index contributed by atoms with van der Waals surface area (Å²) in [6, 6.07) is 6.05. The van der Waals surface area contributed by atoms with Gasteiger partial charge in [-0.2, -0.15) is 0 Å². The molecule has 1 unspecified atom stereocenters. The van der Waals surface area contributed by atoms with Gasteiger partial charge in [-0.05, 0) is 12.8 Å². The van der Waals surface area contributed by atoms with Crippen molar-refractivity contribution in [3.63, 3.8) is 0 Å². The maximum absolute atomic E-state index is 12.3. The van der Waals surface area contributed by atoms with Gasteiger partial charge in [-0.1, -0.05) is 0 Å². The van der Waals surface area contributed by atoms with Crippen molar-refractivity contribution in [2.75, 3.05) is 46.3 Å². The third-order valence-corrected chi connectivity index (χ3v) is 4.57. The molecule has 1 heterocycles. The van der Waals surface area contributed by atoms with Crippen molar-refractivity contribution in [3.8, 4) is 11.5 Å². The zero-order valence-electron chi connectivity index (χ0n) is 15.3. The zero-order valence-corrected chi connectivity index (χ0v) is 15.3. The minimum atomic E-state index is -0.201. The molecule has 0 saturated carbocycles. The van der Waals surface area contributed by atoms with Gasteiger partial charge in [0.25, 0.3) is 0 Å². The zero-order chi connectivity index (χ0) is 18.2. The largest absolute Gasteiger partial charge is 0.497 e. The van der Waals surface area contributed by atoms with Crippen LogP contribution < -0.4 is 20.5 Å². The minimum Gasteiger partial charge on any atom is -0.497 e. The van der Waals surface area contributed by atoms with Crippen molar-refractivity contribution in [1.29, 1.82) is 0 Å². The van der Waals surface area contributed by atoms with E-state index >= 15 is 0 Å². The minimum absolute atomic E-state index is 0.110. The van der Waals surface area contributed by atoms with E-state index in [2.05, 4.69) is 5.32 Å². The van der Waals surface area contributed by atoms with Crippen LogP contribution in [0.25, 0.3) is 0 Å². The summed E-state index contributed by atoms with van der Waals surface area (Å²) < 4.78 is 15.8. The van der Waals surface area contributed by atoms with Crippen LogP contribution in [0.4, 0.5) is 5.69 Å². The second-order valence-corrected chi connectivity index (χ2v) is 6.20. The van der Waals surface area contributed by atoms with Gasteiger partial charge in [0.1, 0.15) is 11.5 Å². The molecule has 1 aromatic carbocycles. The lowest BCUT2D eigenvalue weighted by molar-refractivity contribution is -0.134. The molecule has 1 aliphatic rings. The maximum Gasteiger partial charge on any atom is 0.225 e. The fourth-order valence-corrected chi connectivity index (χ4v) is 2.99. The van der Waals surface area contributed by atoms with Gasteiger partial charge >= 0.3 is 0 Å². The van der Waals surface area contributed by atoms with Crippen LogP contribution in [0.1, 0.15) is 19.3 Å². The average molecular weight is 351 g/mol. The van der Waals surface area contributed by atoms with E-state index in [1.807, 2.05) is 23.1 Å². The predicted octanol–water partition coefficient (Wildman–Crippen LogP) is 1.47. The Labute approximate surface area is 149 Å². The summed E-state index contributed by atoms with van der Waals surface area (Å²) in [5, 5.41) is 3.51. The van der Waals surface area contributed by atoms with Crippen molar-refractivity contribution >= 4 is 11.6 Å². The van der Waals surface area contributed by atoms with Gasteiger partial charge in [0.05, 0.1) is 26.7 Å². The molecule has 2 rings (SSSR count). The molecule has 0 aliphatic carbocycles. The van der Waals surface area contributed by atoms with E-state index in [0.717, 1.165) is 43.1 Å². The highest BCUT2D eigenvalue weighted by molar-refractivity contribution is 5.76. The average Bonchev–Trinajstić information content (AvgIpc) is 2.66. The molecular weight excluding hydrogens is 322 g/mol. The highest BCUT2D eigenvalue weighted by Gasteiger charge is 2.24. The van der Waals surface area contributed by atoms with Crippen LogP contribution in [0, 0.1) is 0 Å². The van der Waals surface area contributed by atoms with Crippen LogP contribution in [0.2, 0.25) is 0 Å². The summed E-state index contributed by atoms with van der Waals surface area (Å²) in [7, 11) is 4.86. The van der Waals surface area contributed by atoms with E-state index < -0.39 is 0 Å². The van der Waals surface area contributed by atoms with E-state index in [4.69, 9.17) is 19.9 Å². The predicted molar refractivity (Wildman–Crippen MR) is 97.2 cm³/mol. The first kappa shape index (κ1) is 19.3. The number of rotatable bonds is 8. The van der Waals surface area contributed by atoms with Crippen LogP contribution in [-0.2, 0) is 9.53 Å². The van der Waals surface area contributed by atoms with Crippen molar-refractivity contribution in [3.05, 3.63) is 18.2 Å². The Balaban J connectivity index is 1.87. The molecule has 0 spiro atoms. The molecule has 1 aromatic rings. The first-order chi connectivity index (χ1) is 12.1. The number of hydrogen-bond acceptors (Lipinski definition) is 6. The molecule has 1 amide bonds. The third kappa shape index (κ3) is 5.51. The molecule has 0 radical (unpaired) electrons. The number of hydrogen-bond donors (Lipinski definition) is 2. The van der Waals surface area contributed by atoms with Gasteiger partial charge in [0, 0.05) is 56.7 Å². The molecule has 1 saturated heterocycles. The first-order valence-corrected chi connectivity index (χ1v) is 8.59. The summed E-state index contributed by atoms with van der Waals surface area (Å²) in [5.74, 6) is 1.61. The van der Waals surface area contributed by atoms with E-state index in [1.54, 1.807) is 21.3 Å². The van der Waals surface area contributed by atoms with Gasteiger partial charge in [0.2, 0.25) is 5.91 Å². The van der Waals surface area contributed by atoms with E-state index in [9.17, 15) is 4.79 Å². The standard InChI is InChI=1S/C18H29N3O4/c1-23-15-8-14(9-16(10-15)24-2)20-13-4-6-21(7-5-13)18(22)11-17(12-19)25-3/h8-10,13,17,20H,4-7,11-12,19H2,1-3H3. The molecule has 0 bridgehead atoms. The first-order valence-electron chi connectivity index (χ1n) is 8.59. The Hall–Kier alpha value is -1.99. The van der Waals surface area contributed by atoms with Gasteiger partial charge in [-0.15, -0.1) is 0 Å². The van der Waals surface area contributed by atoms with Gasteiger partial charge in [-0.25, -0.2) is 0 Å². The molecule has 140 valence electrons. The van der Waals surface area contributed by atoms with E-state index in [-0.39, 0.29) is 12.0 Å². The highest BCUT2D eigenvalue weighted by Crippen LogP contribution is 2.27. The molecule has 1 fully saturated rings. The Kier molecular flexibility index (Phi) is 7.33. The fraction of sp³-hybridized carbons (Fsp3) is 0.611. The SMILES string of the molecule is COc1cc(NC2CCN(C(=O)CC(CN)OC)CC2)cc(OC)c1. The number of carbonyl (C=O) groups excluding carboxylic acids is 1. The topological polar surface area (TPSA) is 86.1 Å². The molecule has 25 heavy (non-hydrogen) atoms. The molecule has 3 N–H and O–H groups in total. The summed E-state index contributed by atoms with van der Waals surface area (Å²) in [6.45, 7) is 1.83. The molecule has 1 aliphatic heterocycles. The quantitative estimate of drug-likeness (QED) is 0.738. The molecule has 7 nitrogen and oxygen atoms in total. The Morgan fingerprint density at radius 2 is 1.80 bits per heavy atom. The Morgan fingerprint density at radius 1 is 1.20 bits per heavy atom. The van der Waals surface area contributed by atoms with Crippen LogP contribution >= 0.6 is 0 Å². The number of nitrogens with one attached hydrogen (secondary N) is 1. The van der Waals surface area contributed by atoms with E-state index in [0.29, 0.717) is 19.0 Å². The second-order valence-electron chi connectivity index (χ2n) is 6.20. The van der Waals surface area contributed by atoms with Crippen molar-refractivity contribution in [2.24, 2.45) is 5.73 Å². The number of carbonyl (C=O) groups is 1. The maximum atomic E-state index is 12.3. The van der Waals surface area contributed by atoms with Crippen LogP contribution in [-0.4, -0.2) is 63.9 Å². The normalized spacial score (nSPS) is 16.4.